The standard InChI is InChI=1S/C23H22N2O4/c26-22(25-9-8-24-10-11-28-15-19(24)14-25)18-6-3-5-16(12-18)20-13-17-4-1-2-7-21(17)29-23(20)27/h1-7,12-13,19H,8-11,14-15H2. The average molecular weight is 390 g/mol. The normalized spacial score (nSPS) is 19.9. The van der Waals surface area contributed by atoms with Crippen LogP contribution in [0.4, 0.5) is 0 Å². The Morgan fingerprint density at radius 2 is 1.90 bits per heavy atom. The molecular formula is C23H22N2O4. The monoisotopic (exact) mass is 390 g/mol. The quantitative estimate of drug-likeness (QED) is 0.630. The third kappa shape index (κ3) is 3.45. The number of benzene rings is 2. The molecule has 6 heteroatoms. The Bertz CT molecular complexity index is 1120. The SMILES string of the molecule is O=C(c1cccc(-c2cc3ccccc3oc2=O)c1)N1CCN2CCOCC2C1. The van der Waals surface area contributed by atoms with Gasteiger partial charge in [0, 0.05) is 37.1 Å². The molecule has 0 saturated carbocycles. The van der Waals surface area contributed by atoms with Crippen molar-refractivity contribution >= 4 is 16.9 Å². The van der Waals surface area contributed by atoms with Crippen molar-refractivity contribution in [2.75, 3.05) is 39.4 Å². The molecule has 0 spiro atoms. The highest BCUT2D eigenvalue weighted by Gasteiger charge is 2.32. The first-order valence-electron chi connectivity index (χ1n) is 9.93. The Balaban J connectivity index is 1.43. The van der Waals surface area contributed by atoms with Crippen molar-refractivity contribution < 1.29 is 13.9 Å². The molecule has 29 heavy (non-hydrogen) atoms. The van der Waals surface area contributed by atoms with E-state index in [1.807, 2.05) is 41.3 Å². The van der Waals surface area contributed by atoms with E-state index < -0.39 is 5.63 Å². The zero-order chi connectivity index (χ0) is 19.8. The van der Waals surface area contributed by atoms with Crippen molar-refractivity contribution in [1.82, 2.24) is 9.80 Å². The van der Waals surface area contributed by atoms with Crippen LogP contribution in [-0.4, -0.2) is 61.1 Å². The summed E-state index contributed by atoms with van der Waals surface area (Å²) in [5, 5.41) is 0.854. The third-order valence-corrected chi connectivity index (χ3v) is 5.79. The van der Waals surface area contributed by atoms with Gasteiger partial charge in [0.2, 0.25) is 0 Å². The molecule has 3 heterocycles. The molecule has 0 N–H and O–H groups in total. The van der Waals surface area contributed by atoms with E-state index in [9.17, 15) is 9.59 Å². The van der Waals surface area contributed by atoms with Gasteiger partial charge >= 0.3 is 5.63 Å². The van der Waals surface area contributed by atoms with E-state index in [1.165, 1.54) is 0 Å². The van der Waals surface area contributed by atoms with Crippen molar-refractivity contribution in [3.05, 3.63) is 70.6 Å². The summed E-state index contributed by atoms with van der Waals surface area (Å²) in [4.78, 5) is 29.9. The molecule has 2 fully saturated rings. The molecule has 5 rings (SSSR count). The van der Waals surface area contributed by atoms with Crippen molar-refractivity contribution in [1.29, 1.82) is 0 Å². The molecule has 1 atom stereocenters. The van der Waals surface area contributed by atoms with Crippen molar-refractivity contribution in [3.63, 3.8) is 0 Å². The maximum Gasteiger partial charge on any atom is 0.344 e. The lowest BCUT2D eigenvalue weighted by molar-refractivity contribution is -0.0394. The summed E-state index contributed by atoms with van der Waals surface area (Å²) in [5.41, 5.74) is 1.89. The number of hydrogen-bond donors (Lipinski definition) is 0. The van der Waals surface area contributed by atoms with E-state index in [1.54, 1.807) is 18.2 Å². The summed E-state index contributed by atoms with van der Waals surface area (Å²) < 4.78 is 11.0. The molecule has 2 aliphatic heterocycles. The molecule has 3 aromatic rings. The summed E-state index contributed by atoms with van der Waals surface area (Å²) in [6, 6.07) is 16.7. The van der Waals surface area contributed by atoms with Gasteiger partial charge in [0.1, 0.15) is 5.58 Å². The molecule has 1 unspecified atom stereocenters. The molecule has 0 bridgehead atoms. The van der Waals surface area contributed by atoms with E-state index >= 15 is 0 Å². The van der Waals surface area contributed by atoms with Gasteiger partial charge in [0.15, 0.2) is 0 Å². The van der Waals surface area contributed by atoms with Gasteiger partial charge in [0.05, 0.1) is 24.8 Å². The third-order valence-electron chi connectivity index (χ3n) is 5.79. The fraction of sp³-hybridized carbons (Fsp3) is 0.304. The first-order valence-corrected chi connectivity index (χ1v) is 9.93. The van der Waals surface area contributed by atoms with Gasteiger partial charge in [0.25, 0.3) is 5.91 Å². The number of hydrogen-bond acceptors (Lipinski definition) is 5. The highest BCUT2D eigenvalue weighted by molar-refractivity contribution is 5.96. The summed E-state index contributed by atoms with van der Waals surface area (Å²) in [5.74, 6) is -0.0118. The predicted molar refractivity (Wildman–Crippen MR) is 110 cm³/mol. The van der Waals surface area contributed by atoms with Crippen LogP contribution in [0.1, 0.15) is 10.4 Å². The fourth-order valence-corrected chi connectivity index (χ4v) is 4.20. The highest BCUT2D eigenvalue weighted by atomic mass is 16.5. The maximum atomic E-state index is 13.1. The predicted octanol–water partition coefficient (Wildman–Crippen LogP) is 2.62. The number of rotatable bonds is 2. The van der Waals surface area contributed by atoms with Crippen LogP contribution in [0.5, 0.6) is 0 Å². The number of ether oxygens (including phenoxy) is 1. The van der Waals surface area contributed by atoms with Gasteiger partial charge < -0.3 is 14.1 Å². The lowest BCUT2D eigenvalue weighted by Crippen LogP contribution is -2.59. The largest absolute Gasteiger partial charge is 0.422 e. The van der Waals surface area contributed by atoms with Gasteiger partial charge in [-0.3, -0.25) is 9.69 Å². The Morgan fingerprint density at radius 1 is 1.00 bits per heavy atom. The molecule has 1 aromatic heterocycles. The lowest BCUT2D eigenvalue weighted by Gasteiger charge is -2.43. The van der Waals surface area contributed by atoms with Crippen LogP contribution in [0.3, 0.4) is 0 Å². The van der Waals surface area contributed by atoms with Crippen LogP contribution >= 0.6 is 0 Å². The summed E-state index contributed by atoms with van der Waals surface area (Å²) in [6.45, 7) is 4.61. The van der Waals surface area contributed by atoms with Gasteiger partial charge in [-0.05, 0) is 29.8 Å². The molecule has 6 nitrogen and oxygen atoms in total. The van der Waals surface area contributed by atoms with Crippen LogP contribution in [0.2, 0.25) is 0 Å². The second-order valence-electron chi connectivity index (χ2n) is 7.58. The molecule has 148 valence electrons. The topological polar surface area (TPSA) is 63.0 Å². The van der Waals surface area contributed by atoms with E-state index in [0.717, 1.165) is 25.1 Å². The average Bonchev–Trinajstić information content (AvgIpc) is 2.78. The van der Waals surface area contributed by atoms with Crippen LogP contribution in [0.25, 0.3) is 22.1 Å². The minimum Gasteiger partial charge on any atom is -0.422 e. The van der Waals surface area contributed by atoms with Gasteiger partial charge in [-0.2, -0.15) is 0 Å². The number of carbonyl (C=O) groups is 1. The minimum atomic E-state index is -0.402. The second kappa shape index (κ2) is 7.46. The van der Waals surface area contributed by atoms with Gasteiger partial charge in [-0.15, -0.1) is 0 Å². The number of para-hydroxylation sites is 1. The second-order valence-corrected chi connectivity index (χ2v) is 7.58. The molecular weight excluding hydrogens is 368 g/mol. The van der Waals surface area contributed by atoms with Crippen molar-refractivity contribution in [3.8, 4) is 11.1 Å². The lowest BCUT2D eigenvalue weighted by atomic mass is 10.0. The number of fused-ring (bicyclic) bond motifs is 2. The minimum absolute atomic E-state index is 0.0118. The van der Waals surface area contributed by atoms with E-state index in [4.69, 9.17) is 9.15 Å². The summed E-state index contributed by atoms with van der Waals surface area (Å²) in [7, 11) is 0. The van der Waals surface area contributed by atoms with Gasteiger partial charge in [-0.1, -0.05) is 30.3 Å². The fourth-order valence-electron chi connectivity index (χ4n) is 4.20. The number of piperazine rings is 1. The summed E-state index contributed by atoms with van der Waals surface area (Å²) in [6.07, 6.45) is 0. The molecule has 0 aliphatic carbocycles. The number of morpholine rings is 1. The van der Waals surface area contributed by atoms with Crippen LogP contribution < -0.4 is 5.63 Å². The van der Waals surface area contributed by atoms with Crippen molar-refractivity contribution in [2.45, 2.75) is 6.04 Å². The molecule has 0 radical (unpaired) electrons. The summed E-state index contributed by atoms with van der Waals surface area (Å²) >= 11 is 0. The van der Waals surface area contributed by atoms with Gasteiger partial charge in [-0.25, -0.2) is 4.79 Å². The molecule has 2 aliphatic rings. The highest BCUT2D eigenvalue weighted by Crippen LogP contribution is 2.23. The van der Waals surface area contributed by atoms with Crippen LogP contribution in [-0.2, 0) is 4.74 Å². The zero-order valence-corrected chi connectivity index (χ0v) is 16.0. The Hall–Kier alpha value is -2.96. The van der Waals surface area contributed by atoms with Crippen LogP contribution in [0, 0.1) is 0 Å². The first-order chi connectivity index (χ1) is 14.2. The number of carbonyl (C=O) groups excluding carboxylic acids is 1. The number of amides is 1. The smallest absolute Gasteiger partial charge is 0.344 e. The molecule has 2 aromatic carbocycles. The Kier molecular flexibility index (Phi) is 4.66. The Morgan fingerprint density at radius 3 is 2.83 bits per heavy atom. The molecule has 1 amide bonds. The molecule has 2 saturated heterocycles. The van der Waals surface area contributed by atoms with E-state index in [2.05, 4.69) is 4.90 Å². The zero-order valence-electron chi connectivity index (χ0n) is 16.0. The number of nitrogens with zero attached hydrogens (tertiary/aromatic N) is 2. The van der Waals surface area contributed by atoms with E-state index in [-0.39, 0.29) is 11.9 Å². The first kappa shape index (κ1) is 18.1. The van der Waals surface area contributed by atoms with Crippen molar-refractivity contribution in [2.24, 2.45) is 0 Å². The Labute approximate surface area is 168 Å². The maximum absolute atomic E-state index is 13.1. The van der Waals surface area contributed by atoms with E-state index in [0.29, 0.717) is 42.0 Å². The van der Waals surface area contributed by atoms with Crippen LogP contribution in [0.15, 0.2) is 63.8 Å².